The molecular formula is C11H17N3O2. The van der Waals surface area contributed by atoms with Gasteiger partial charge in [0.05, 0.1) is 10.6 Å². The van der Waals surface area contributed by atoms with Crippen LogP contribution in [0.15, 0.2) is 12.3 Å². The van der Waals surface area contributed by atoms with Gasteiger partial charge in [0.15, 0.2) is 0 Å². The molecule has 0 aliphatic rings. The molecule has 1 rings (SSSR count). The maximum Gasteiger partial charge on any atom is 0.275 e. The summed E-state index contributed by atoms with van der Waals surface area (Å²) in [6.45, 7) is 5.61. The SMILES string of the molecule is CCC(N)C(C)c1cc([N+](=O)[O-])c(C)cn1. The first-order valence-electron chi connectivity index (χ1n) is 5.33. The van der Waals surface area contributed by atoms with Crippen LogP contribution in [0.1, 0.15) is 37.4 Å². The molecule has 0 fully saturated rings. The van der Waals surface area contributed by atoms with Crippen LogP contribution in [0.4, 0.5) is 5.69 Å². The minimum Gasteiger partial charge on any atom is -0.327 e. The number of hydrogen-bond donors (Lipinski definition) is 1. The maximum atomic E-state index is 10.8. The predicted molar refractivity (Wildman–Crippen MR) is 62.3 cm³/mol. The zero-order chi connectivity index (χ0) is 12.3. The second-order valence-corrected chi connectivity index (χ2v) is 4.01. The van der Waals surface area contributed by atoms with Crippen LogP contribution in [0, 0.1) is 17.0 Å². The highest BCUT2D eigenvalue weighted by Gasteiger charge is 2.19. The highest BCUT2D eigenvalue weighted by atomic mass is 16.6. The van der Waals surface area contributed by atoms with E-state index in [0.29, 0.717) is 11.3 Å². The van der Waals surface area contributed by atoms with Crippen LogP contribution in [0.5, 0.6) is 0 Å². The maximum absolute atomic E-state index is 10.8. The Morgan fingerprint density at radius 1 is 1.62 bits per heavy atom. The van der Waals surface area contributed by atoms with Gasteiger partial charge in [-0.1, -0.05) is 13.8 Å². The highest BCUT2D eigenvalue weighted by Crippen LogP contribution is 2.24. The van der Waals surface area contributed by atoms with Crippen LogP contribution >= 0.6 is 0 Å². The molecule has 2 N–H and O–H groups in total. The Kier molecular flexibility index (Phi) is 3.95. The molecule has 0 aromatic carbocycles. The first kappa shape index (κ1) is 12.6. The van der Waals surface area contributed by atoms with Gasteiger partial charge in [0, 0.05) is 29.8 Å². The van der Waals surface area contributed by atoms with Gasteiger partial charge in [-0.2, -0.15) is 0 Å². The third-order valence-corrected chi connectivity index (χ3v) is 2.87. The molecule has 5 nitrogen and oxygen atoms in total. The van der Waals surface area contributed by atoms with E-state index in [1.165, 1.54) is 12.3 Å². The van der Waals surface area contributed by atoms with Gasteiger partial charge in [-0.3, -0.25) is 15.1 Å². The number of nitrogens with two attached hydrogens (primary N) is 1. The molecule has 0 saturated carbocycles. The van der Waals surface area contributed by atoms with Crippen LogP contribution in [-0.4, -0.2) is 15.9 Å². The molecule has 0 amide bonds. The van der Waals surface area contributed by atoms with E-state index in [1.807, 2.05) is 13.8 Å². The van der Waals surface area contributed by atoms with E-state index in [1.54, 1.807) is 6.92 Å². The summed E-state index contributed by atoms with van der Waals surface area (Å²) in [6.07, 6.45) is 2.36. The van der Waals surface area contributed by atoms with E-state index in [4.69, 9.17) is 5.73 Å². The molecule has 2 atom stereocenters. The summed E-state index contributed by atoms with van der Waals surface area (Å²) in [6, 6.07) is 1.50. The van der Waals surface area contributed by atoms with Gasteiger partial charge in [-0.25, -0.2) is 0 Å². The predicted octanol–water partition coefficient (Wildman–Crippen LogP) is 2.14. The van der Waals surface area contributed by atoms with Crippen molar-refractivity contribution in [2.45, 2.75) is 39.2 Å². The molecule has 0 radical (unpaired) electrons. The van der Waals surface area contributed by atoms with Gasteiger partial charge in [0.25, 0.3) is 5.69 Å². The van der Waals surface area contributed by atoms with E-state index in [0.717, 1.165) is 6.42 Å². The summed E-state index contributed by atoms with van der Waals surface area (Å²) in [5.74, 6) is 0.0318. The normalized spacial score (nSPS) is 14.5. The van der Waals surface area contributed by atoms with Crippen molar-refractivity contribution < 1.29 is 4.92 Å². The smallest absolute Gasteiger partial charge is 0.275 e. The van der Waals surface area contributed by atoms with E-state index >= 15 is 0 Å². The van der Waals surface area contributed by atoms with Crippen molar-refractivity contribution in [2.75, 3.05) is 0 Å². The van der Waals surface area contributed by atoms with Crippen LogP contribution in [0.3, 0.4) is 0 Å². The molecule has 0 aliphatic heterocycles. The van der Waals surface area contributed by atoms with Crippen LogP contribution in [0.2, 0.25) is 0 Å². The molecule has 88 valence electrons. The summed E-state index contributed by atoms with van der Waals surface area (Å²) in [5, 5.41) is 10.8. The third-order valence-electron chi connectivity index (χ3n) is 2.87. The first-order valence-corrected chi connectivity index (χ1v) is 5.33. The van der Waals surface area contributed by atoms with Gasteiger partial charge in [-0.15, -0.1) is 0 Å². The molecule has 16 heavy (non-hydrogen) atoms. The number of hydrogen-bond acceptors (Lipinski definition) is 4. The second kappa shape index (κ2) is 5.03. The molecule has 1 aromatic rings. The van der Waals surface area contributed by atoms with Crippen molar-refractivity contribution in [1.29, 1.82) is 0 Å². The number of nitrogens with zero attached hydrogens (tertiary/aromatic N) is 2. The van der Waals surface area contributed by atoms with Crippen LogP contribution in [-0.2, 0) is 0 Å². The van der Waals surface area contributed by atoms with Gasteiger partial charge < -0.3 is 5.73 Å². The molecule has 2 unspecified atom stereocenters. The van der Waals surface area contributed by atoms with E-state index in [2.05, 4.69) is 4.98 Å². The number of pyridine rings is 1. The van der Waals surface area contributed by atoms with Crippen LogP contribution in [0.25, 0.3) is 0 Å². The lowest BCUT2D eigenvalue weighted by Crippen LogP contribution is -2.26. The Morgan fingerprint density at radius 2 is 2.25 bits per heavy atom. The molecule has 1 aromatic heterocycles. The van der Waals surface area contributed by atoms with Gasteiger partial charge in [0.2, 0.25) is 0 Å². The zero-order valence-electron chi connectivity index (χ0n) is 9.80. The molecule has 5 heteroatoms. The van der Waals surface area contributed by atoms with Gasteiger partial charge >= 0.3 is 0 Å². The number of rotatable bonds is 4. The van der Waals surface area contributed by atoms with Gasteiger partial charge in [-0.05, 0) is 13.3 Å². The van der Waals surface area contributed by atoms with E-state index in [-0.39, 0.29) is 22.6 Å². The minimum absolute atomic E-state index is 0.0187. The number of aryl methyl sites for hydroxylation is 1. The first-order chi connectivity index (χ1) is 7.47. The van der Waals surface area contributed by atoms with Crippen LogP contribution < -0.4 is 5.73 Å². The van der Waals surface area contributed by atoms with Crippen molar-refractivity contribution in [3.8, 4) is 0 Å². The molecule has 1 heterocycles. The van der Waals surface area contributed by atoms with Crippen molar-refractivity contribution >= 4 is 5.69 Å². The molecule has 0 spiro atoms. The number of nitro groups is 1. The standard InChI is InChI=1S/C11H17N3O2/c1-4-9(12)8(3)10-5-11(14(15)16)7(2)6-13-10/h5-6,8-9H,4,12H2,1-3H3. The fourth-order valence-electron chi connectivity index (χ4n) is 1.55. The van der Waals surface area contributed by atoms with Gasteiger partial charge in [0.1, 0.15) is 0 Å². The zero-order valence-corrected chi connectivity index (χ0v) is 9.80. The Bertz CT molecular complexity index is 393. The van der Waals surface area contributed by atoms with Crippen molar-refractivity contribution in [3.63, 3.8) is 0 Å². The Hall–Kier alpha value is -1.49. The lowest BCUT2D eigenvalue weighted by molar-refractivity contribution is -0.385. The van der Waals surface area contributed by atoms with Crippen molar-refractivity contribution in [1.82, 2.24) is 4.98 Å². The largest absolute Gasteiger partial charge is 0.327 e. The van der Waals surface area contributed by atoms with E-state index in [9.17, 15) is 10.1 Å². The summed E-state index contributed by atoms with van der Waals surface area (Å²) < 4.78 is 0. The molecular weight excluding hydrogens is 206 g/mol. The third kappa shape index (κ3) is 2.55. The molecule has 0 aliphatic carbocycles. The number of aromatic nitrogens is 1. The lowest BCUT2D eigenvalue weighted by Gasteiger charge is -2.17. The Balaban J connectivity index is 3.07. The Labute approximate surface area is 94.8 Å². The fraction of sp³-hybridized carbons (Fsp3) is 0.545. The average molecular weight is 223 g/mol. The second-order valence-electron chi connectivity index (χ2n) is 4.01. The van der Waals surface area contributed by atoms with E-state index < -0.39 is 0 Å². The molecule has 0 bridgehead atoms. The lowest BCUT2D eigenvalue weighted by atomic mass is 9.96. The van der Waals surface area contributed by atoms with Crippen molar-refractivity contribution in [3.05, 3.63) is 33.6 Å². The topological polar surface area (TPSA) is 82.0 Å². The Morgan fingerprint density at radius 3 is 2.75 bits per heavy atom. The fourth-order valence-corrected chi connectivity index (χ4v) is 1.55. The summed E-state index contributed by atoms with van der Waals surface area (Å²) in [4.78, 5) is 14.6. The summed E-state index contributed by atoms with van der Waals surface area (Å²) in [7, 11) is 0. The monoisotopic (exact) mass is 223 g/mol. The summed E-state index contributed by atoms with van der Waals surface area (Å²) >= 11 is 0. The quantitative estimate of drug-likeness (QED) is 0.626. The molecule has 0 saturated heterocycles. The average Bonchev–Trinajstić information content (AvgIpc) is 2.27. The summed E-state index contributed by atoms with van der Waals surface area (Å²) in [5.41, 5.74) is 7.28. The van der Waals surface area contributed by atoms with Crippen molar-refractivity contribution in [2.24, 2.45) is 5.73 Å². The minimum atomic E-state index is -0.384. The highest BCUT2D eigenvalue weighted by molar-refractivity contribution is 5.39.